The molecule has 6 nitrogen and oxygen atoms in total. The second kappa shape index (κ2) is 10.2. The van der Waals surface area contributed by atoms with E-state index in [-0.39, 0.29) is 30.4 Å². The molecule has 1 heterocycles. The molecule has 0 saturated carbocycles. The number of carbonyl (C=O) groups is 2. The quantitative estimate of drug-likeness (QED) is 0.621. The molecule has 2 unspecified atom stereocenters. The zero-order valence-electron chi connectivity index (χ0n) is 18.4. The number of amides is 2. The Bertz CT molecular complexity index is 861. The van der Waals surface area contributed by atoms with Crippen LogP contribution < -0.4 is 5.32 Å². The van der Waals surface area contributed by atoms with Crippen molar-refractivity contribution in [3.63, 3.8) is 0 Å². The third kappa shape index (κ3) is 5.46. The minimum atomic E-state index is -0.163. The Morgan fingerprint density at radius 1 is 1.17 bits per heavy atom. The van der Waals surface area contributed by atoms with E-state index in [9.17, 15) is 9.59 Å². The van der Waals surface area contributed by atoms with E-state index < -0.39 is 0 Å². The number of hydrogen-bond acceptors (Lipinski definition) is 3. The number of fused-ring (bicyclic) bond motifs is 1. The molecule has 0 aliphatic carbocycles. The fourth-order valence-corrected chi connectivity index (χ4v) is 3.47. The van der Waals surface area contributed by atoms with Gasteiger partial charge in [-0.3, -0.25) is 9.59 Å². The first-order valence-electron chi connectivity index (χ1n) is 10.5. The van der Waals surface area contributed by atoms with E-state index in [1.54, 1.807) is 6.92 Å². The highest BCUT2D eigenvalue weighted by Crippen LogP contribution is 2.19. The van der Waals surface area contributed by atoms with Crippen LogP contribution in [0.5, 0.6) is 0 Å². The van der Waals surface area contributed by atoms with Gasteiger partial charge in [0.05, 0.1) is 11.0 Å². The molecule has 0 fully saturated rings. The molecule has 6 heteroatoms. The molecule has 1 aromatic carbocycles. The van der Waals surface area contributed by atoms with E-state index in [1.165, 1.54) is 0 Å². The fraction of sp³-hybridized carbons (Fsp3) is 0.522. The van der Waals surface area contributed by atoms with Gasteiger partial charge in [0.1, 0.15) is 12.4 Å². The second-order valence-electron chi connectivity index (χ2n) is 7.70. The predicted molar refractivity (Wildman–Crippen MR) is 118 cm³/mol. The number of nitrogens with one attached hydrogen (secondary N) is 1. The zero-order chi connectivity index (χ0) is 21.6. The molecule has 2 rings (SSSR count). The van der Waals surface area contributed by atoms with Crippen LogP contribution in [-0.2, 0) is 22.6 Å². The molecule has 0 spiro atoms. The van der Waals surface area contributed by atoms with Crippen molar-refractivity contribution in [1.82, 2.24) is 19.8 Å². The minimum absolute atomic E-state index is 0.101. The van der Waals surface area contributed by atoms with E-state index in [0.29, 0.717) is 18.5 Å². The van der Waals surface area contributed by atoms with Crippen LogP contribution in [0.15, 0.2) is 36.4 Å². The lowest BCUT2D eigenvalue weighted by molar-refractivity contribution is -0.136. The first-order valence-corrected chi connectivity index (χ1v) is 10.5. The van der Waals surface area contributed by atoms with Gasteiger partial charge in [0.2, 0.25) is 11.8 Å². The van der Waals surface area contributed by atoms with Crippen molar-refractivity contribution in [1.29, 1.82) is 0 Å². The molecule has 1 N–H and O–H groups in total. The predicted octanol–water partition coefficient (Wildman–Crippen LogP) is 3.70. The lowest BCUT2D eigenvalue weighted by Gasteiger charge is -2.34. The van der Waals surface area contributed by atoms with Gasteiger partial charge in [-0.1, -0.05) is 32.6 Å². The van der Waals surface area contributed by atoms with Crippen molar-refractivity contribution in [3.05, 3.63) is 42.2 Å². The van der Waals surface area contributed by atoms with Crippen LogP contribution in [0.25, 0.3) is 11.0 Å². The van der Waals surface area contributed by atoms with Crippen LogP contribution in [0.2, 0.25) is 0 Å². The minimum Gasteiger partial charge on any atom is -0.352 e. The number of benzene rings is 1. The Hall–Kier alpha value is -2.63. The number of para-hydroxylation sites is 2. The molecular formula is C23H34N4O2. The molecule has 0 radical (unpaired) electrons. The average molecular weight is 399 g/mol. The molecule has 0 aliphatic heterocycles. The van der Waals surface area contributed by atoms with Crippen LogP contribution in [-0.4, -0.2) is 44.9 Å². The molecule has 29 heavy (non-hydrogen) atoms. The third-order valence-electron chi connectivity index (χ3n) is 5.47. The van der Waals surface area contributed by atoms with Crippen molar-refractivity contribution in [2.75, 3.05) is 6.54 Å². The van der Waals surface area contributed by atoms with E-state index in [2.05, 4.69) is 39.6 Å². The van der Waals surface area contributed by atoms with Crippen LogP contribution in [0.4, 0.5) is 0 Å². The summed E-state index contributed by atoms with van der Waals surface area (Å²) in [7, 11) is 0. The summed E-state index contributed by atoms with van der Waals surface area (Å²) in [6, 6.07) is 8.21. The summed E-state index contributed by atoms with van der Waals surface area (Å²) < 4.78 is 1.99. The van der Waals surface area contributed by atoms with Gasteiger partial charge >= 0.3 is 0 Å². The number of hydrogen-bond donors (Lipinski definition) is 1. The third-order valence-corrected chi connectivity index (χ3v) is 5.47. The Kier molecular flexibility index (Phi) is 8.00. The normalized spacial score (nSPS) is 13.1. The number of rotatable bonds is 10. The average Bonchev–Trinajstić information content (AvgIpc) is 3.04. The summed E-state index contributed by atoms with van der Waals surface area (Å²) in [4.78, 5) is 31.8. The zero-order valence-corrected chi connectivity index (χ0v) is 18.4. The summed E-state index contributed by atoms with van der Waals surface area (Å²) in [5.74, 6) is 0.738. The Morgan fingerprint density at radius 3 is 2.38 bits per heavy atom. The standard InChI is InChI=1S/C23H34N4O2/c1-7-17(5)27(18(6)8-2)22(28)15-26-20-12-10-9-11-19(20)25-21(26)13-14-24-23(29)16(3)4/h9-12,17-18H,3,7-8,13-15H2,1-2,4-6H3,(H,24,29). The number of imidazole rings is 1. The molecule has 2 amide bonds. The largest absolute Gasteiger partial charge is 0.352 e. The van der Waals surface area contributed by atoms with Gasteiger partial charge in [0.25, 0.3) is 0 Å². The van der Waals surface area contributed by atoms with Crippen LogP contribution >= 0.6 is 0 Å². The van der Waals surface area contributed by atoms with E-state index >= 15 is 0 Å². The van der Waals surface area contributed by atoms with E-state index in [0.717, 1.165) is 29.7 Å². The van der Waals surface area contributed by atoms with Crippen LogP contribution in [0.3, 0.4) is 0 Å². The SMILES string of the molecule is C=C(C)C(=O)NCCc1nc2ccccc2n1CC(=O)N(C(C)CC)C(C)CC. The summed E-state index contributed by atoms with van der Waals surface area (Å²) >= 11 is 0. The van der Waals surface area contributed by atoms with E-state index in [4.69, 9.17) is 4.98 Å². The molecule has 0 bridgehead atoms. The van der Waals surface area contributed by atoms with Gasteiger partial charge in [-0.25, -0.2) is 4.98 Å². The highest BCUT2D eigenvalue weighted by atomic mass is 16.2. The lowest BCUT2D eigenvalue weighted by Crippen LogP contribution is -2.46. The Morgan fingerprint density at radius 2 is 1.79 bits per heavy atom. The second-order valence-corrected chi connectivity index (χ2v) is 7.70. The number of aromatic nitrogens is 2. The van der Waals surface area contributed by atoms with Crippen molar-refractivity contribution in [3.8, 4) is 0 Å². The number of nitrogens with zero attached hydrogens (tertiary/aromatic N) is 3. The first kappa shape index (κ1) is 22.7. The van der Waals surface area contributed by atoms with Crippen LogP contribution in [0.1, 0.15) is 53.3 Å². The molecule has 1 aromatic heterocycles. The highest BCUT2D eigenvalue weighted by Gasteiger charge is 2.25. The van der Waals surface area contributed by atoms with Gasteiger partial charge in [0.15, 0.2) is 0 Å². The summed E-state index contributed by atoms with van der Waals surface area (Å²) in [6.45, 7) is 14.5. The van der Waals surface area contributed by atoms with Gasteiger partial charge in [-0.2, -0.15) is 0 Å². The maximum absolute atomic E-state index is 13.3. The molecule has 0 aliphatic rings. The van der Waals surface area contributed by atoms with Gasteiger partial charge in [-0.15, -0.1) is 0 Å². The van der Waals surface area contributed by atoms with Crippen molar-refractivity contribution in [2.45, 2.75) is 72.5 Å². The molecular weight excluding hydrogens is 364 g/mol. The maximum atomic E-state index is 13.3. The van der Waals surface area contributed by atoms with Gasteiger partial charge < -0.3 is 14.8 Å². The fourth-order valence-electron chi connectivity index (χ4n) is 3.47. The lowest BCUT2D eigenvalue weighted by atomic mass is 10.1. The Labute approximate surface area is 174 Å². The molecule has 0 saturated heterocycles. The Balaban J connectivity index is 2.28. The first-order chi connectivity index (χ1) is 13.8. The summed E-state index contributed by atoms with van der Waals surface area (Å²) in [6.07, 6.45) is 2.38. The van der Waals surface area contributed by atoms with E-state index in [1.807, 2.05) is 33.7 Å². The topological polar surface area (TPSA) is 67.2 Å². The van der Waals surface area contributed by atoms with Gasteiger partial charge in [0, 0.05) is 30.6 Å². The summed E-state index contributed by atoms with van der Waals surface area (Å²) in [5, 5.41) is 2.85. The van der Waals surface area contributed by atoms with Crippen molar-refractivity contribution in [2.24, 2.45) is 0 Å². The van der Waals surface area contributed by atoms with Crippen molar-refractivity contribution >= 4 is 22.8 Å². The maximum Gasteiger partial charge on any atom is 0.246 e. The van der Waals surface area contributed by atoms with Crippen molar-refractivity contribution < 1.29 is 9.59 Å². The highest BCUT2D eigenvalue weighted by molar-refractivity contribution is 5.92. The molecule has 2 aromatic rings. The monoisotopic (exact) mass is 398 g/mol. The molecule has 158 valence electrons. The summed E-state index contributed by atoms with van der Waals surface area (Å²) in [5.41, 5.74) is 2.28. The number of carbonyl (C=O) groups excluding carboxylic acids is 2. The molecule has 2 atom stereocenters. The van der Waals surface area contributed by atoms with Crippen LogP contribution in [0, 0.1) is 0 Å². The van der Waals surface area contributed by atoms with Gasteiger partial charge in [-0.05, 0) is 45.7 Å². The smallest absolute Gasteiger partial charge is 0.246 e.